The molecule has 1 saturated heterocycles. The second-order valence-corrected chi connectivity index (χ2v) is 9.13. The number of nitrogens with zero attached hydrogens (tertiary/aromatic N) is 1. The highest BCUT2D eigenvalue weighted by molar-refractivity contribution is 5.98. The van der Waals surface area contributed by atoms with E-state index in [-0.39, 0.29) is 36.1 Å². The molecule has 1 aromatic carbocycles. The first-order valence-electron chi connectivity index (χ1n) is 10.9. The number of carbonyl (C=O) groups is 4. The Hall–Kier alpha value is -2.70. The summed E-state index contributed by atoms with van der Waals surface area (Å²) in [7, 11) is 0. The van der Waals surface area contributed by atoms with Gasteiger partial charge in [-0.05, 0) is 31.2 Å². The number of ketones is 1. The molecule has 31 heavy (non-hydrogen) atoms. The van der Waals surface area contributed by atoms with Gasteiger partial charge in [0, 0.05) is 37.5 Å². The number of hydrogen-bond donors (Lipinski definition) is 1. The summed E-state index contributed by atoms with van der Waals surface area (Å²) in [6.07, 6.45) is 2.74. The fraction of sp³-hybridized carbons (Fsp3) is 0.583. The minimum Gasteiger partial charge on any atom is -0.457 e. The van der Waals surface area contributed by atoms with E-state index in [2.05, 4.69) is 5.32 Å². The van der Waals surface area contributed by atoms with Crippen LogP contribution in [0.5, 0.6) is 0 Å². The molecule has 0 unspecified atom stereocenters. The maximum atomic E-state index is 12.4. The molecular weight excluding hydrogens is 396 g/mol. The molecule has 2 amide bonds. The molecule has 0 aromatic heterocycles. The lowest BCUT2D eigenvalue weighted by molar-refractivity contribution is -0.152. The highest BCUT2D eigenvalue weighted by Crippen LogP contribution is 2.24. The molecule has 1 aromatic rings. The second kappa shape index (κ2) is 11.1. The number of nitrogens with one attached hydrogen (secondary N) is 1. The van der Waals surface area contributed by atoms with Crippen molar-refractivity contribution >= 4 is 23.6 Å². The third-order valence-electron chi connectivity index (χ3n) is 5.39. The molecule has 1 N–H and O–H groups in total. The number of carbonyl (C=O) groups excluding carboxylic acids is 4. The summed E-state index contributed by atoms with van der Waals surface area (Å²) in [6, 6.07) is 7.23. The number of esters is 1. The maximum Gasteiger partial charge on any atom is 0.309 e. The first kappa shape index (κ1) is 24.6. The summed E-state index contributed by atoms with van der Waals surface area (Å²) in [4.78, 5) is 49.7. The molecule has 7 heteroatoms. The van der Waals surface area contributed by atoms with E-state index in [1.807, 2.05) is 32.9 Å². The minimum atomic E-state index is -0.430. The van der Waals surface area contributed by atoms with E-state index >= 15 is 0 Å². The lowest BCUT2D eigenvalue weighted by Crippen LogP contribution is -2.45. The summed E-state index contributed by atoms with van der Waals surface area (Å²) in [5.41, 5.74) is 1.15. The van der Waals surface area contributed by atoms with Crippen molar-refractivity contribution in [2.45, 2.75) is 53.4 Å². The fourth-order valence-electron chi connectivity index (χ4n) is 3.54. The number of likely N-dealkylation sites (tertiary alicyclic amines) is 1. The lowest BCUT2D eigenvalue weighted by atomic mass is 9.91. The molecule has 1 fully saturated rings. The molecule has 1 aliphatic heterocycles. The van der Waals surface area contributed by atoms with Crippen LogP contribution in [0.4, 0.5) is 0 Å². The van der Waals surface area contributed by atoms with Crippen molar-refractivity contribution in [3.8, 4) is 0 Å². The van der Waals surface area contributed by atoms with Crippen molar-refractivity contribution in [3.05, 3.63) is 35.4 Å². The zero-order valence-corrected chi connectivity index (χ0v) is 19.0. The normalized spacial score (nSPS) is 14.8. The quantitative estimate of drug-likeness (QED) is 0.389. The predicted octanol–water partition coefficient (Wildman–Crippen LogP) is 2.77. The number of hydrogen-bond acceptors (Lipinski definition) is 5. The standard InChI is InChI=1S/C24H34N2O5/c1-17(27)25-13-5-6-18-7-9-19(10-8-18)21(28)16-31-22(29)20-11-14-26(15-12-20)23(30)24(2,3)4/h7-10,20H,5-6,11-16H2,1-4H3,(H,25,27). The van der Waals surface area contributed by atoms with Gasteiger partial charge in [0.05, 0.1) is 5.92 Å². The Morgan fingerprint density at radius 3 is 2.23 bits per heavy atom. The van der Waals surface area contributed by atoms with Gasteiger partial charge in [-0.25, -0.2) is 0 Å². The van der Waals surface area contributed by atoms with E-state index in [9.17, 15) is 19.2 Å². The Balaban J connectivity index is 1.74. The van der Waals surface area contributed by atoms with Crippen LogP contribution in [0.25, 0.3) is 0 Å². The number of Topliss-reactive ketones (excluding diaryl/α,β-unsaturated/α-hetero) is 1. The molecule has 0 aliphatic carbocycles. The lowest BCUT2D eigenvalue weighted by Gasteiger charge is -2.34. The SMILES string of the molecule is CC(=O)NCCCc1ccc(C(=O)COC(=O)C2CCN(C(=O)C(C)(C)C)CC2)cc1. The highest BCUT2D eigenvalue weighted by Gasteiger charge is 2.33. The molecule has 1 aliphatic rings. The van der Waals surface area contributed by atoms with Crippen LogP contribution in [0.1, 0.15) is 62.9 Å². The molecular formula is C24H34N2O5. The van der Waals surface area contributed by atoms with Crippen LogP contribution in [-0.4, -0.2) is 54.7 Å². The van der Waals surface area contributed by atoms with Gasteiger partial charge in [-0.15, -0.1) is 0 Å². The average Bonchev–Trinajstić information content (AvgIpc) is 2.74. The van der Waals surface area contributed by atoms with Gasteiger partial charge in [-0.2, -0.15) is 0 Å². The maximum absolute atomic E-state index is 12.4. The van der Waals surface area contributed by atoms with E-state index in [0.717, 1.165) is 18.4 Å². The van der Waals surface area contributed by atoms with Crippen LogP contribution in [0, 0.1) is 11.3 Å². The molecule has 170 valence electrons. The Labute approximate surface area is 184 Å². The molecule has 0 saturated carbocycles. The number of piperidine rings is 1. The van der Waals surface area contributed by atoms with Crippen molar-refractivity contribution in [3.63, 3.8) is 0 Å². The zero-order valence-electron chi connectivity index (χ0n) is 19.0. The zero-order chi connectivity index (χ0) is 23.0. The van der Waals surface area contributed by atoms with Gasteiger partial charge in [0.15, 0.2) is 12.4 Å². The monoisotopic (exact) mass is 430 g/mol. The Kier molecular flexibility index (Phi) is 8.77. The van der Waals surface area contributed by atoms with Crippen LogP contribution < -0.4 is 5.32 Å². The number of amides is 2. The van der Waals surface area contributed by atoms with Crippen molar-refractivity contribution in [2.75, 3.05) is 26.2 Å². The number of rotatable bonds is 8. The van der Waals surface area contributed by atoms with Crippen molar-refractivity contribution in [1.82, 2.24) is 10.2 Å². The van der Waals surface area contributed by atoms with Gasteiger partial charge < -0.3 is 15.0 Å². The first-order valence-corrected chi connectivity index (χ1v) is 10.9. The molecule has 0 radical (unpaired) electrons. The number of benzene rings is 1. The Morgan fingerprint density at radius 1 is 1.06 bits per heavy atom. The fourth-order valence-corrected chi connectivity index (χ4v) is 3.54. The third-order valence-corrected chi connectivity index (χ3v) is 5.39. The van der Waals surface area contributed by atoms with Gasteiger partial charge >= 0.3 is 5.97 Å². The Morgan fingerprint density at radius 2 is 1.68 bits per heavy atom. The Bertz CT molecular complexity index is 787. The van der Waals surface area contributed by atoms with E-state index in [0.29, 0.717) is 38.0 Å². The van der Waals surface area contributed by atoms with E-state index in [1.165, 1.54) is 6.92 Å². The van der Waals surface area contributed by atoms with Gasteiger partial charge in [0.1, 0.15) is 0 Å². The summed E-state index contributed by atoms with van der Waals surface area (Å²) < 4.78 is 5.26. The smallest absolute Gasteiger partial charge is 0.309 e. The second-order valence-electron chi connectivity index (χ2n) is 9.13. The van der Waals surface area contributed by atoms with Crippen LogP contribution >= 0.6 is 0 Å². The number of ether oxygens (including phenoxy) is 1. The summed E-state index contributed by atoms with van der Waals surface area (Å²) >= 11 is 0. The first-order chi connectivity index (χ1) is 14.6. The third kappa shape index (κ3) is 7.81. The molecule has 1 heterocycles. The largest absolute Gasteiger partial charge is 0.457 e. The van der Waals surface area contributed by atoms with Crippen molar-refractivity contribution in [2.24, 2.45) is 11.3 Å². The topological polar surface area (TPSA) is 92.8 Å². The van der Waals surface area contributed by atoms with Gasteiger partial charge in [0.25, 0.3) is 0 Å². The average molecular weight is 431 g/mol. The molecule has 0 atom stereocenters. The summed E-state index contributed by atoms with van der Waals surface area (Å²) in [5.74, 6) is -0.834. The van der Waals surface area contributed by atoms with Crippen molar-refractivity contribution < 1.29 is 23.9 Å². The molecule has 0 bridgehead atoms. The number of aryl methyl sites for hydroxylation is 1. The molecule has 7 nitrogen and oxygen atoms in total. The van der Waals surface area contributed by atoms with Gasteiger partial charge in [0.2, 0.25) is 11.8 Å². The van der Waals surface area contributed by atoms with E-state index < -0.39 is 5.41 Å². The molecule has 0 spiro atoms. The summed E-state index contributed by atoms with van der Waals surface area (Å²) in [5, 5.41) is 2.75. The van der Waals surface area contributed by atoms with E-state index in [1.54, 1.807) is 17.0 Å². The summed E-state index contributed by atoms with van der Waals surface area (Å²) in [6.45, 7) is 8.57. The van der Waals surface area contributed by atoms with Crippen LogP contribution in [0.3, 0.4) is 0 Å². The van der Waals surface area contributed by atoms with Gasteiger partial charge in [-0.1, -0.05) is 45.0 Å². The molecule has 2 rings (SSSR count). The highest BCUT2D eigenvalue weighted by atomic mass is 16.5. The van der Waals surface area contributed by atoms with Crippen molar-refractivity contribution in [1.29, 1.82) is 0 Å². The van der Waals surface area contributed by atoms with Gasteiger partial charge in [-0.3, -0.25) is 19.2 Å². The van der Waals surface area contributed by atoms with Crippen LogP contribution in [0.2, 0.25) is 0 Å². The minimum absolute atomic E-state index is 0.0422. The predicted molar refractivity (Wildman–Crippen MR) is 117 cm³/mol. The van der Waals surface area contributed by atoms with E-state index in [4.69, 9.17) is 4.74 Å². The van der Waals surface area contributed by atoms with Crippen LogP contribution in [-0.2, 0) is 25.5 Å². The van der Waals surface area contributed by atoms with Crippen LogP contribution in [0.15, 0.2) is 24.3 Å².